The summed E-state index contributed by atoms with van der Waals surface area (Å²) in [7, 11) is 0.743. The zero-order chi connectivity index (χ0) is 26.7. The zero-order valence-corrected chi connectivity index (χ0v) is 22.0. The lowest BCUT2D eigenvalue weighted by molar-refractivity contribution is -0.907. The molecule has 11 heteroatoms. The van der Waals surface area contributed by atoms with E-state index < -0.39 is 27.8 Å². The zero-order valence-electron chi connectivity index (χ0n) is 21.1. The van der Waals surface area contributed by atoms with E-state index in [0.29, 0.717) is 37.6 Å². The van der Waals surface area contributed by atoms with Gasteiger partial charge in [-0.05, 0) is 42.0 Å². The van der Waals surface area contributed by atoms with E-state index in [1.165, 1.54) is 48.2 Å². The van der Waals surface area contributed by atoms with Crippen molar-refractivity contribution in [1.82, 2.24) is 9.21 Å². The number of likely N-dealkylation sites (tertiary alicyclic amines) is 1. The van der Waals surface area contributed by atoms with Gasteiger partial charge in [0.15, 0.2) is 0 Å². The summed E-state index contributed by atoms with van der Waals surface area (Å²) < 4.78 is 36.6. The van der Waals surface area contributed by atoms with Crippen LogP contribution in [-0.2, 0) is 24.3 Å². The van der Waals surface area contributed by atoms with Crippen LogP contribution >= 0.6 is 0 Å². The third kappa shape index (κ3) is 5.40. The molecule has 198 valence electrons. The number of Topliss-reactive ketones (excluding diaryl/α,β-unsaturated/α-hetero) is 1. The van der Waals surface area contributed by atoms with Crippen molar-refractivity contribution in [3.05, 3.63) is 65.2 Å². The van der Waals surface area contributed by atoms with E-state index in [4.69, 9.17) is 9.47 Å². The van der Waals surface area contributed by atoms with Gasteiger partial charge in [0.2, 0.25) is 10.0 Å². The number of methoxy groups -OCH3 is 1. The van der Waals surface area contributed by atoms with Crippen LogP contribution in [0.5, 0.6) is 5.75 Å². The molecule has 0 radical (unpaired) electrons. The number of ketones is 1. The summed E-state index contributed by atoms with van der Waals surface area (Å²) in [5.74, 6) is -1.19. The molecule has 1 atom stereocenters. The molecule has 2 saturated heterocycles. The van der Waals surface area contributed by atoms with Gasteiger partial charge < -0.3 is 24.4 Å². The Labute approximate surface area is 216 Å². The summed E-state index contributed by atoms with van der Waals surface area (Å²) in [5.41, 5.74) is 0.869. The molecule has 2 aliphatic rings. The number of amides is 1. The number of carbonyl (C=O) groups is 2. The number of aliphatic hydroxyl groups excluding tert-OH is 1. The standard InChI is InChI=1S/C26H31N3O7S/c1-27(2)37(33,34)21-10-6-19(7-11-21)24(30)22-23(18-4-8-20(35-3)9-5-18)29(26(32)25(22)31)13-12-28-14-16-36-17-15-28/h4-11,23,30H,12-17H2,1-3H3/p+1. The molecule has 10 nitrogen and oxygen atoms in total. The van der Waals surface area contributed by atoms with Gasteiger partial charge in [-0.2, -0.15) is 0 Å². The van der Waals surface area contributed by atoms with Gasteiger partial charge in [0.1, 0.15) is 24.6 Å². The number of morpholine rings is 1. The third-order valence-electron chi connectivity index (χ3n) is 6.78. The van der Waals surface area contributed by atoms with Crippen molar-refractivity contribution in [2.24, 2.45) is 0 Å². The molecular weight excluding hydrogens is 498 g/mol. The number of nitrogens with one attached hydrogen (secondary N) is 1. The summed E-state index contributed by atoms with van der Waals surface area (Å²) in [6.07, 6.45) is 0. The van der Waals surface area contributed by atoms with Gasteiger partial charge in [-0.3, -0.25) is 9.59 Å². The van der Waals surface area contributed by atoms with Crippen LogP contribution in [-0.4, -0.2) is 95.0 Å². The van der Waals surface area contributed by atoms with E-state index in [9.17, 15) is 23.1 Å². The highest BCUT2D eigenvalue weighted by Gasteiger charge is 2.46. The van der Waals surface area contributed by atoms with Crippen LogP contribution in [0.4, 0.5) is 0 Å². The number of benzene rings is 2. The Bertz CT molecular complexity index is 1280. The summed E-state index contributed by atoms with van der Waals surface area (Å²) in [6, 6.07) is 11.8. The second-order valence-electron chi connectivity index (χ2n) is 9.19. The fraction of sp³-hybridized carbons (Fsp3) is 0.385. The monoisotopic (exact) mass is 530 g/mol. The number of sulfonamides is 1. The Morgan fingerprint density at radius 2 is 1.70 bits per heavy atom. The summed E-state index contributed by atoms with van der Waals surface area (Å²) >= 11 is 0. The van der Waals surface area contributed by atoms with Crippen LogP contribution in [0.2, 0.25) is 0 Å². The molecule has 1 unspecified atom stereocenters. The first kappa shape index (κ1) is 26.8. The number of hydrogen-bond acceptors (Lipinski definition) is 7. The Kier molecular flexibility index (Phi) is 7.98. The minimum atomic E-state index is -3.66. The normalized spacial score (nSPS) is 20.5. The second kappa shape index (κ2) is 11.0. The number of carbonyl (C=O) groups excluding carboxylic acids is 2. The van der Waals surface area contributed by atoms with Crippen LogP contribution in [0.15, 0.2) is 59.0 Å². The minimum absolute atomic E-state index is 0.0321. The third-order valence-corrected chi connectivity index (χ3v) is 8.61. The molecule has 37 heavy (non-hydrogen) atoms. The molecule has 2 aliphatic heterocycles. The maximum atomic E-state index is 13.2. The van der Waals surface area contributed by atoms with E-state index in [0.717, 1.165) is 17.4 Å². The average molecular weight is 531 g/mol. The summed E-state index contributed by atoms with van der Waals surface area (Å²) in [4.78, 5) is 29.3. The van der Waals surface area contributed by atoms with Crippen LogP contribution in [0, 0.1) is 0 Å². The van der Waals surface area contributed by atoms with Crippen LogP contribution in [0.25, 0.3) is 5.76 Å². The van der Waals surface area contributed by atoms with E-state index in [2.05, 4.69) is 0 Å². The van der Waals surface area contributed by atoms with Crippen LogP contribution < -0.4 is 9.64 Å². The maximum absolute atomic E-state index is 13.2. The smallest absolute Gasteiger partial charge is 0.295 e. The maximum Gasteiger partial charge on any atom is 0.295 e. The molecule has 0 aliphatic carbocycles. The molecule has 0 saturated carbocycles. The first-order valence-corrected chi connectivity index (χ1v) is 13.5. The number of rotatable bonds is 8. The Hall–Kier alpha value is -3.25. The fourth-order valence-electron chi connectivity index (χ4n) is 4.58. The SMILES string of the molecule is COc1ccc(C2C(=C(O)c3ccc(S(=O)(=O)N(C)C)cc3)C(=O)C(=O)N2CC[NH+]2CCOCC2)cc1. The molecule has 0 bridgehead atoms. The van der Waals surface area contributed by atoms with E-state index in [1.807, 2.05) is 0 Å². The number of ether oxygens (including phenoxy) is 2. The average Bonchev–Trinajstić information content (AvgIpc) is 3.17. The van der Waals surface area contributed by atoms with Gasteiger partial charge in [0.25, 0.3) is 11.7 Å². The molecule has 2 aromatic carbocycles. The Balaban J connectivity index is 1.73. The van der Waals surface area contributed by atoms with Crippen molar-refractivity contribution < 1.29 is 37.5 Å². The quantitative estimate of drug-likeness (QED) is 0.286. The lowest BCUT2D eigenvalue weighted by Crippen LogP contribution is -3.14. The molecule has 0 aromatic heterocycles. The van der Waals surface area contributed by atoms with Crippen molar-refractivity contribution in [3.8, 4) is 5.75 Å². The van der Waals surface area contributed by atoms with Gasteiger partial charge in [0.05, 0.1) is 49.9 Å². The molecule has 2 N–H and O–H groups in total. The van der Waals surface area contributed by atoms with Crippen molar-refractivity contribution in [1.29, 1.82) is 0 Å². The second-order valence-corrected chi connectivity index (χ2v) is 11.3. The Morgan fingerprint density at radius 3 is 2.27 bits per heavy atom. The van der Waals surface area contributed by atoms with Crippen molar-refractivity contribution in [2.45, 2.75) is 10.9 Å². The Morgan fingerprint density at radius 1 is 1.08 bits per heavy atom. The van der Waals surface area contributed by atoms with E-state index >= 15 is 0 Å². The predicted molar refractivity (Wildman–Crippen MR) is 136 cm³/mol. The molecule has 0 spiro atoms. The largest absolute Gasteiger partial charge is 0.507 e. The highest BCUT2D eigenvalue weighted by molar-refractivity contribution is 7.89. The first-order valence-electron chi connectivity index (χ1n) is 12.0. The topological polar surface area (TPSA) is 118 Å². The van der Waals surface area contributed by atoms with E-state index in [1.54, 1.807) is 31.4 Å². The molecule has 2 fully saturated rings. The van der Waals surface area contributed by atoms with Crippen molar-refractivity contribution >= 4 is 27.5 Å². The molecular formula is C26H32N3O7S+. The molecule has 1 amide bonds. The fourth-order valence-corrected chi connectivity index (χ4v) is 5.48. The molecule has 4 rings (SSSR count). The number of quaternary nitrogens is 1. The van der Waals surface area contributed by atoms with Crippen molar-refractivity contribution in [2.75, 3.05) is 60.6 Å². The summed E-state index contributed by atoms with van der Waals surface area (Å²) in [5, 5.41) is 11.3. The van der Waals surface area contributed by atoms with Gasteiger partial charge in [-0.15, -0.1) is 0 Å². The molecule has 2 aromatic rings. The van der Waals surface area contributed by atoms with Crippen LogP contribution in [0.3, 0.4) is 0 Å². The van der Waals surface area contributed by atoms with Gasteiger partial charge in [-0.1, -0.05) is 12.1 Å². The van der Waals surface area contributed by atoms with E-state index in [-0.39, 0.29) is 21.8 Å². The highest BCUT2D eigenvalue weighted by Crippen LogP contribution is 2.39. The molecule has 2 heterocycles. The predicted octanol–water partition coefficient (Wildman–Crippen LogP) is 0.282. The van der Waals surface area contributed by atoms with Crippen LogP contribution in [0.1, 0.15) is 17.2 Å². The number of hydrogen-bond donors (Lipinski definition) is 2. The highest BCUT2D eigenvalue weighted by atomic mass is 32.2. The lowest BCUT2D eigenvalue weighted by atomic mass is 9.95. The minimum Gasteiger partial charge on any atom is -0.507 e. The van der Waals surface area contributed by atoms with Gasteiger partial charge >= 0.3 is 0 Å². The van der Waals surface area contributed by atoms with Gasteiger partial charge in [-0.25, -0.2) is 12.7 Å². The van der Waals surface area contributed by atoms with Crippen molar-refractivity contribution in [3.63, 3.8) is 0 Å². The lowest BCUT2D eigenvalue weighted by Gasteiger charge is -2.29. The number of nitrogens with zero attached hydrogens (tertiary/aromatic N) is 2. The van der Waals surface area contributed by atoms with Gasteiger partial charge in [0, 0.05) is 19.7 Å². The first-order chi connectivity index (χ1) is 17.6. The number of aliphatic hydroxyl groups is 1. The summed E-state index contributed by atoms with van der Waals surface area (Å²) in [6.45, 7) is 3.90.